The smallest absolute Gasteiger partial charge is 0.257 e. The van der Waals surface area contributed by atoms with Crippen LogP contribution in [0.2, 0.25) is 0 Å². The Bertz CT molecular complexity index is 383. The maximum absolute atomic E-state index is 10.8. The summed E-state index contributed by atoms with van der Waals surface area (Å²) in [7, 11) is -2.05. The topological polar surface area (TPSA) is 78.0 Å². The molecule has 1 aromatic heterocycles. The minimum atomic E-state index is -3.71. The number of hydrogen-bond donors (Lipinski definition) is 1. The Balaban J connectivity index is 3.23. The predicted octanol–water partition coefficient (Wildman–Crippen LogP) is -0.194. The molecule has 0 aliphatic carbocycles. The number of alkyl halides is 1. The van der Waals surface area contributed by atoms with Crippen LogP contribution in [0.4, 0.5) is 0 Å². The van der Waals surface area contributed by atoms with Crippen molar-refractivity contribution in [3.63, 3.8) is 0 Å². The van der Waals surface area contributed by atoms with Crippen molar-refractivity contribution >= 4 is 21.6 Å². The molecule has 0 unspecified atom stereocenters. The van der Waals surface area contributed by atoms with Gasteiger partial charge in [-0.3, -0.25) is 0 Å². The van der Waals surface area contributed by atoms with E-state index in [2.05, 4.69) is 4.98 Å². The molecule has 0 spiro atoms. The van der Waals surface area contributed by atoms with Gasteiger partial charge in [0.25, 0.3) is 10.0 Å². The van der Waals surface area contributed by atoms with E-state index >= 15 is 0 Å². The third-order valence-electron chi connectivity index (χ3n) is 1.36. The first-order valence-electron chi connectivity index (χ1n) is 3.06. The highest BCUT2D eigenvalue weighted by molar-refractivity contribution is 7.89. The van der Waals surface area contributed by atoms with Gasteiger partial charge in [0.15, 0.2) is 5.03 Å². The fourth-order valence-corrected chi connectivity index (χ4v) is 1.52. The molecule has 0 atom stereocenters. The van der Waals surface area contributed by atoms with Crippen LogP contribution in [0.15, 0.2) is 11.2 Å². The predicted molar refractivity (Wildman–Crippen MR) is 44.1 cm³/mol. The number of nitrogens with two attached hydrogens (primary N) is 1. The van der Waals surface area contributed by atoms with Crippen LogP contribution in [-0.2, 0) is 23.0 Å². The van der Waals surface area contributed by atoms with E-state index in [0.29, 0.717) is 5.82 Å². The summed E-state index contributed by atoms with van der Waals surface area (Å²) >= 11 is 5.48. The molecule has 0 aromatic carbocycles. The third-order valence-corrected chi connectivity index (χ3v) is 2.38. The van der Waals surface area contributed by atoms with E-state index < -0.39 is 10.0 Å². The first-order valence-corrected chi connectivity index (χ1v) is 5.14. The lowest BCUT2D eigenvalue weighted by Crippen LogP contribution is -2.12. The molecule has 1 aromatic rings. The van der Waals surface area contributed by atoms with Crippen molar-refractivity contribution in [2.24, 2.45) is 12.2 Å². The minimum absolute atomic E-state index is 0.152. The van der Waals surface area contributed by atoms with Crippen molar-refractivity contribution in [3.8, 4) is 0 Å². The van der Waals surface area contributed by atoms with E-state index in [-0.39, 0.29) is 10.9 Å². The monoisotopic (exact) mass is 209 g/mol. The number of aromatic nitrogens is 2. The number of aryl methyl sites for hydroxylation is 1. The van der Waals surface area contributed by atoms with Gasteiger partial charge in [-0.15, -0.1) is 11.6 Å². The van der Waals surface area contributed by atoms with Crippen LogP contribution in [0.1, 0.15) is 5.82 Å². The zero-order valence-electron chi connectivity index (χ0n) is 6.36. The van der Waals surface area contributed by atoms with E-state index in [1.165, 1.54) is 10.8 Å². The summed E-state index contributed by atoms with van der Waals surface area (Å²) in [6.45, 7) is 0. The molecule has 12 heavy (non-hydrogen) atoms. The second kappa shape index (κ2) is 3.04. The minimum Gasteiger partial charge on any atom is -0.336 e. The third kappa shape index (κ3) is 1.77. The molecular formula is C5H8ClN3O2S. The molecule has 1 rings (SSSR count). The number of halogens is 1. The maximum atomic E-state index is 10.8. The van der Waals surface area contributed by atoms with Gasteiger partial charge in [0.2, 0.25) is 0 Å². The average Bonchev–Trinajstić information content (AvgIpc) is 2.29. The molecule has 5 nitrogen and oxygen atoms in total. The molecule has 0 bridgehead atoms. The number of primary sulfonamides is 1. The molecule has 7 heteroatoms. The summed E-state index contributed by atoms with van der Waals surface area (Å²) in [5.74, 6) is 0.632. The first kappa shape index (κ1) is 9.50. The standard InChI is InChI=1S/C5H8ClN3O2S/c1-9-3-5(12(7,10)11)8-4(9)2-6/h3H,2H2,1H3,(H2,7,10,11). The molecule has 0 fully saturated rings. The summed E-state index contributed by atoms with van der Waals surface area (Å²) < 4.78 is 23.1. The molecule has 0 amide bonds. The van der Waals surface area contributed by atoms with Gasteiger partial charge in [0, 0.05) is 13.2 Å². The molecule has 0 aliphatic rings. The van der Waals surface area contributed by atoms with Crippen LogP contribution in [0.5, 0.6) is 0 Å². The lowest BCUT2D eigenvalue weighted by atomic mass is 10.7. The summed E-state index contributed by atoms with van der Waals surface area (Å²) in [5, 5.41) is 4.69. The molecule has 0 radical (unpaired) electrons. The van der Waals surface area contributed by atoms with Gasteiger partial charge in [-0.1, -0.05) is 0 Å². The van der Waals surface area contributed by atoms with E-state index in [1.54, 1.807) is 7.05 Å². The van der Waals surface area contributed by atoms with Gasteiger partial charge in [0.05, 0.1) is 5.88 Å². The van der Waals surface area contributed by atoms with Gasteiger partial charge in [-0.05, 0) is 0 Å². The van der Waals surface area contributed by atoms with Crippen LogP contribution < -0.4 is 5.14 Å². The molecule has 1 heterocycles. The van der Waals surface area contributed by atoms with Crippen molar-refractivity contribution in [2.45, 2.75) is 10.9 Å². The summed E-state index contributed by atoms with van der Waals surface area (Å²) in [6, 6.07) is 0. The van der Waals surface area contributed by atoms with Gasteiger partial charge >= 0.3 is 0 Å². The highest BCUT2D eigenvalue weighted by atomic mass is 35.5. The Morgan fingerprint density at radius 1 is 1.75 bits per heavy atom. The van der Waals surface area contributed by atoms with Crippen LogP contribution in [-0.4, -0.2) is 18.0 Å². The van der Waals surface area contributed by atoms with Crippen molar-refractivity contribution in [1.29, 1.82) is 0 Å². The van der Waals surface area contributed by atoms with Crippen LogP contribution >= 0.6 is 11.6 Å². The van der Waals surface area contributed by atoms with Gasteiger partial charge < -0.3 is 4.57 Å². The van der Waals surface area contributed by atoms with Crippen LogP contribution in [0.3, 0.4) is 0 Å². The van der Waals surface area contributed by atoms with Gasteiger partial charge in [-0.2, -0.15) is 0 Å². The second-order valence-electron chi connectivity index (χ2n) is 2.28. The molecule has 0 aliphatic heterocycles. The van der Waals surface area contributed by atoms with E-state index in [1.807, 2.05) is 0 Å². The fraction of sp³-hybridized carbons (Fsp3) is 0.400. The molecular weight excluding hydrogens is 202 g/mol. The summed E-state index contributed by atoms with van der Waals surface area (Å²) in [5.41, 5.74) is 0. The van der Waals surface area contributed by atoms with Crippen LogP contribution in [0.25, 0.3) is 0 Å². The first-order chi connectivity index (χ1) is 5.45. The van der Waals surface area contributed by atoms with Crippen molar-refractivity contribution in [2.75, 3.05) is 0 Å². The summed E-state index contributed by atoms with van der Waals surface area (Å²) in [4.78, 5) is 3.72. The fourth-order valence-electron chi connectivity index (χ4n) is 0.736. The largest absolute Gasteiger partial charge is 0.336 e. The SMILES string of the molecule is Cn1cc(S(N)(=O)=O)nc1CCl. The van der Waals surface area contributed by atoms with E-state index in [4.69, 9.17) is 16.7 Å². The van der Waals surface area contributed by atoms with E-state index in [9.17, 15) is 8.42 Å². The number of sulfonamides is 1. The molecule has 0 saturated heterocycles. The van der Waals surface area contributed by atoms with Crippen LogP contribution in [0, 0.1) is 0 Å². The summed E-state index contributed by atoms with van der Waals surface area (Å²) in [6.07, 6.45) is 1.33. The number of hydrogen-bond acceptors (Lipinski definition) is 3. The molecule has 2 N–H and O–H groups in total. The zero-order valence-corrected chi connectivity index (χ0v) is 7.93. The Kier molecular flexibility index (Phi) is 2.41. The van der Waals surface area contributed by atoms with E-state index in [0.717, 1.165) is 0 Å². The van der Waals surface area contributed by atoms with Crippen molar-refractivity contribution < 1.29 is 8.42 Å². The quantitative estimate of drug-likeness (QED) is 0.686. The normalized spacial score (nSPS) is 11.9. The van der Waals surface area contributed by atoms with Crippen molar-refractivity contribution in [3.05, 3.63) is 12.0 Å². The molecule has 0 saturated carbocycles. The Labute approximate surface area is 75.2 Å². The highest BCUT2D eigenvalue weighted by Crippen LogP contribution is 2.07. The van der Waals surface area contributed by atoms with Crippen molar-refractivity contribution in [1.82, 2.24) is 9.55 Å². The lowest BCUT2D eigenvalue weighted by molar-refractivity contribution is 0.594. The average molecular weight is 210 g/mol. The molecule has 68 valence electrons. The second-order valence-corrected chi connectivity index (χ2v) is 4.06. The van der Waals surface area contributed by atoms with Gasteiger partial charge in [-0.25, -0.2) is 18.5 Å². The lowest BCUT2D eigenvalue weighted by Gasteiger charge is -1.91. The van der Waals surface area contributed by atoms with Gasteiger partial charge in [0.1, 0.15) is 5.82 Å². The Morgan fingerprint density at radius 3 is 2.58 bits per heavy atom. The number of imidazole rings is 1. The Morgan fingerprint density at radius 2 is 2.33 bits per heavy atom. The Hall–Kier alpha value is -0.590. The zero-order chi connectivity index (χ0) is 9.35. The maximum Gasteiger partial charge on any atom is 0.257 e. The highest BCUT2D eigenvalue weighted by Gasteiger charge is 2.13. The number of nitrogens with zero attached hydrogens (tertiary/aromatic N) is 2. The number of rotatable bonds is 2.